The van der Waals surface area contributed by atoms with Gasteiger partial charge in [-0.3, -0.25) is 9.59 Å². The molecule has 3 aromatic rings. The first-order valence-electron chi connectivity index (χ1n) is 10.9. The quantitative estimate of drug-likeness (QED) is 0.670. The van der Waals surface area contributed by atoms with E-state index in [1.165, 1.54) is 0 Å². The van der Waals surface area contributed by atoms with Gasteiger partial charge in [-0.15, -0.1) is 0 Å². The van der Waals surface area contributed by atoms with Crippen LogP contribution in [0.5, 0.6) is 0 Å². The van der Waals surface area contributed by atoms with Crippen LogP contribution in [0.2, 0.25) is 0 Å². The number of piperazine rings is 1. The van der Waals surface area contributed by atoms with Gasteiger partial charge in [0.15, 0.2) is 5.43 Å². The van der Waals surface area contributed by atoms with Crippen LogP contribution in [-0.4, -0.2) is 53.0 Å². The molecule has 7 nitrogen and oxygen atoms in total. The summed E-state index contributed by atoms with van der Waals surface area (Å²) in [6.07, 6.45) is 0.740. The number of H-pyrrole nitrogens is 1. The number of rotatable bonds is 5. The Bertz CT molecular complexity index is 1160. The second-order valence-corrected chi connectivity index (χ2v) is 8.01. The van der Waals surface area contributed by atoms with Crippen LogP contribution in [0.1, 0.15) is 23.2 Å². The van der Waals surface area contributed by atoms with Crippen LogP contribution in [0.3, 0.4) is 0 Å². The summed E-state index contributed by atoms with van der Waals surface area (Å²) in [5.74, 6) is 0.103. The van der Waals surface area contributed by atoms with Crippen molar-refractivity contribution in [2.75, 3.05) is 26.2 Å². The third-order valence-electron chi connectivity index (χ3n) is 5.95. The average Bonchev–Trinajstić information content (AvgIpc) is 2.84. The zero-order valence-electron chi connectivity index (χ0n) is 18.2. The number of hydrogen-bond donors (Lipinski definition) is 1. The van der Waals surface area contributed by atoms with Gasteiger partial charge in [-0.2, -0.15) is 0 Å². The molecule has 0 bridgehead atoms. The lowest BCUT2D eigenvalue weighted by Crippen LogP contribution is -2.50. The standard InChI is InChI=1S/C25H27N3O4/c1-18-22(26-21-10-6-5-9-20(21)24(18)30)17-32-25(31)28-15-13-27(14-16-28)23(29)12-11-19-7-3-2-4-8-19/h2-10H,11-17H2,1H3,(H,26,30). The minimum atomic E-state index is -0.435. The van der Waals surface area contributed by atoms with Gasteiger partial charge < -0.3 is 19.5 Å². The Labute approximate surface area is 186 Å². The number of aromatic nitrogens is 1. The number of aromatic amines is 1. The molecule has 1 N–H and O–H groups in total. The molecular weight excluding hydrogens is 406 g/mol. The number of ether oxygens (including phenoxy) is 1. The molecule has 7 heteroatoms. The predicted octanol–water partition coefficient (Wildman–Crippen LogP) is 3.25. The molecule has 1 aliphatic heterocycles. The Kier molecular flexibility index (Phi) is 6.54. The number of para-hydroxylation sites is 1. The molecule has 0 radical (unpaired) electrons. The molecule has 2 amide bonds. The maximum Gasteiger partial charge on any atom is 0.410 e. The summed E-state index contributed by atoms with van der Waals surface area (Å²) in [6.45, 7) is 3.59. The van der Waals surface area contributed by atoms with Gasteiger partial charge in [0, 0.05) is 49.1 Å². The van der Waals surface area contributed by atoms with Crippen molar-refractivity contribution >= 4 is 22.9 Å². The number of nitrogens with zero attached hydrogens (tertiary/aromatic N) is 2. The number of amides is 2. The van der Waals surface area contributed by atoms with Crippen molar-refractivity contribution in [1.82, 2.24) is 14.8 Å². The number of hydrogen-bond acceptors (Lipinski definition) is 4. The monoisotopic (exact) mass is 433 g/mol. The van der Waals surface area contributed by atoms with E-state index in [4.69, 9.17) is 4.74 Å². The van der Waals surface area contributed by atoms with Crippen LogP contribution in [0.25, 0.3) is 10.9 Å². The minimum Gasteiger partial charge on any atom is -0.443 e. The number of aryl methyl sites for hydroxylation is 1. The lowest BCUT2D eigenvalue weighted by molar-refractivity contribution is -0.132. The van der Waals surface area contributed by atoms with Crippen LogP contribution in [0.15, 0.2) is 59.4 Å². The number of carbonyl (C=O) groups excluding carboxylic acids is 2. The van der Waals surface area contributed by atoms with E-state index in [0.717, 1.165) is 11.1 Å². The summed E-state index contributed by atoms with van der Waals surface area (Å²) in [4.78, 5) is 44.2. The Morgan fingerprint density at radius 2 is 1.59 bits per heavy atom. The number of fused-ring (bicyclic) bond motifs is 1. The van der Waals surface area contributed by atoms with Gasteiger partial charge in [0.2, 0.25) is 5.91 Å². The molecular formula is C25H27N3O4. The van der Waals surface area contributed by atoms with Gasteiger partial charge >= 0.3 is 6.09 Å². The van der Waals surface area contributed by atoms with Crippen LogP contribution >= 0.6 is 0 Å². The molecule has 1 saturated heterocycles. The number of nitrogens with one attached hydrogen (secondary N) is 1. The van der Waals surface area contributed by atoms with E-state index in [0.29, 0.717) is 55.7 Å². The number of carbonyl (C=O) groups is 2. The van der Waals surface area contributed by atoms with E-state index in [1.807, 2.05) is 48.5 Å². The Hall–Kier alpha value is -3.61. The van der Waals surface area contributed by atoms with Crippen molar-refractivity contribution < 1.29 is 14.3 Å². The van der Waals surface area contributed by atoms with E-state index in [9.17, 15) is 14.4 Å². The third kappa shape index (κ3) is 4.82. The molecule has 4 rings (SSSR count). The molecule has 0 aliphatic carbocycles. The van der Waals surface area contributed by atoms with Crippen molar-refractivity contribution in [2.24, 2.45) is 0 Å². The second kappa shape index (κ2) is 9.68. The van der Waals surface area contributed by atoms with Crippen molar-refractivity contribution in [2.45, 2.75) is 26.4 Å². The van der Waals surface area contributed by atoms with Crippen LogP contribution in [0, 0.1) is 6.92 Å². The smallest absolute Gasteiger partial charge is 0.410 e. The summed E-state index contributed by atoms with van der Waals surface area (Å²) < 4.78 is 5.47. The fourth-order valence-electron chi connectivity index (χ4n) is 3.95. The van der Waals surface area contributed by atoms with E-state index in [1.54, 1.807) is 22.8 Å². The fourth-order valence-corrected chi connectivity index (χ4v) is 3.95. The van der Waals surface area contributed by atoms with Gasteiger partial charge in [0.1, 0.15) is 6.61 Å². The first kappa shape index (κ1) is 21.6. The first-order chi connectivity index (χ1) is 15.5. The molecule has 0 unspecified atom stereocenters. The van der Waals surface area contributed by atoms with Gasteiger partial charge in [0.05, 0.1) is 5.69 Å². The highest BCUT2D eigenvalue weighted by atomic mass is 16.6. The summed E-state index contributed by atoms with van der Waals surface area (Å²) in [5.41, 5.74) is 2.94. The van der Waals surface area contributed by atoms with E-state index >= 15 is 0 Å². The number of benzene rings is 2. The largest absolute Gasteiger partial charge is 0.443 e. The maximum absolute atomic E-state index is 12.5. The SMILES string of the molecule is Cc1c(COC(=O)N2CCN(C(=O)CCc3ccccc3)CC2)[nH]c2ccccc2c1=O. The summed E-state index contributed by atoms with van der Waals surface area (Å²) in [5, 5.41) is 0.619. The van der Waals surface area contributed by atoms with Gasteiger partial charge in [-0.25, -0.2) is 4.79 Å². The molecule has 1 aromatic heterocycles. The molecule has 2 heterocycles. The van der Waals surface area contributed by atoms with Gasteiger partial charge in [-0.05, 0) is 31.0 Å². The number of pyridine rings is 1. The lowest BCUT2D eigenvalue weighted by Gasteiger charge is -2.34. The minimum absolute atomic E-state index is 0.000954. The summed E-state index contributed by atoms with van der Waals surface area (Å²) >= 11 is 0. The zero-order chi connectivity index (χ0) is 22.5. The molecule has 0 atom stereocenters. The summed E-state index contributed by atoms with van der Waals surface area (Å²) in [6, 6.07) is 17.2. The molecule has 0 spiro atoms. The van der Waals surface area contributed by atoms with E-state index < -0.39 is 6.09 Å². The van der Waals surface area contributed by atoms with Crippen molar-refractivity contribution in [3.63, 3.8) is 0 Å². The first-order valence-corrected chi connectivity index (χ1v) is 10.9. The molecule has 1 fully saturated rings. The van der Waals surface area contributed by atoms with Crippen LogP contribution in [-0.2, 0) is 22.6 Å². The second-order valence-electron chi connectivity index (χ2n) is 8.01. The molecule has 32 heavy (non-hydrogen) atoms. The van der Waals surface area contributed by atoms with Gasteiger partial charge in [-0.1, -0.05) is 42.5 Å². The van der Waals surface area contributed by atoms with E-state index in [2.05, 4.69) is 4.98 Å². The average molecular weight is 434 g/mol. The highest BCUT2D eigenvalue weighted by Crippen LogP contribution is 2.13. The topological polar surface area (TPSA) is 82.7 Å². The zero-order valence-corrected chi connectivity index (χ0v) is 18.2. The highest BCUT2D eigenvalue weighted by Gasteiger charge is 2.25. The molecule has 166 valence electrons. The molecule has 2 aromatic carbocycles. The van der Waals surface area contributed by atoms with Crippen molar-refractivity contribution in [3.8, 4) is 0 Å². The Morgan fingerprint density at radius 3 is 2.34 bits per heavy atom. The van der Waals surface area contributed by atoms with E-state index in [-0.39, 0.29) is 17.9 Å². The van der Waals surface area contributed by atoms with Crippen LogP contribution in [0.4, 0.5) is 4.79 Å². The van der Waals surface area contributed by atoms with Crippen molar-refractivity contribution in [1.29, 1.82) is 0 Å². The summed E-state index contributed by atoms with van der Waals surface area (Å²) in [7, 11) is 0. The maximum atomic E-state index is 12.5. The van der Waals surface area contributed by atoms with Crippen LogP contribution < -0.4 is 5.43 Å². The third-order valence-corrected chi connectivity index (χ3v) is 5.95. The molecule has 0 saturated carbocycles. The van der Waals surface area contributed by atoms with Crippen molar-refractivity contribution in [3.05, 3.63) is 81.6 Å². The Morgan fingerprint density at radius 1 is 0.938 bits per heavy atom. The fraction of sp³-hybridized carbons (Fsp3) is 0.320. The predicted molar refractivity (Wildman–Crippen MR) is 122 cm³/mol. The normalized spacial score (nSPS) is 13.9. The Balaban J connectivity index is 1.28. The van der Waals surface area contributed by atoms with Gasteiger partial charge in [0.25, 0.3) is 0 Å². The molecule has 1 aliphatic rings. The lowest BCUT2D eigenvalue weighted by atomic mass is 10.1. The highest BCUT2D eigenvalue weighted by molar-refractivity contribution is 5.79.